The van der Waals surface area contributed by atoms with E-state index in [1.165, 1.54) is 6.20 Å². The average Bonchev–Trinajstić information content (AvgIpc) is 2.59. The van der Waals surface area contributed by atoms with Crippen molar-refractivity contribution in [3.63, 3.8) is 0 Å². The molecule has 6 nitrogen and oxygen atoms in total. The minimum atomic E-state index is -0.326. The van der Waals surface area contributed by atoms with Crippen molar-refractivity contribution in [1.29, 1.82) is 0 Å². The normalized spacial score (nSPS) is 9.86. The third-order valence-electron chi connectivity index (χ3n) is 2.98. The Labute approximate surface area is 128 Å². The van der Waals surface area contributed by atoms with E-state index in [1.807, 2.05) is 24.3 Å². The second-order valence-corrected chi connectivity index (χ2v) is 4.55. The van der Waals surface area contributed by atoms with E-state index in [-0.39, 0.29) is 18.4 Å². The van der Waals surface area contributed by atoms with E-state index < -0.39 is 0 Å². The first-order valence-corrected chi connectivity index (χ1v) is 6.77. The fraction of sp³-hybridized carbons (Fsp3) is 0.188. The van der Waals surface area contributed by atoms with Crippen molar-refractivity contribution < 1.29 is 14.3 Å². The molecule has 0 saturated heterocycles. The third kappa shape index (κ3) is 4.59. The van der Waals surface area contributed by atoms with Crippen molar-refractivity contribution in [2.45, 2.75) is 6.54 Å². The molecule has 22 heavy (non-hydrogen) atoms. The van der Waals surface area contributed by atoms with Gasteiger partial charge in [-0.25, -0.2) is 0 Å². The van der Waals surface area contributed by atoms with E-state index in [1.54, 1.807) is 25.4 Å². The highest BCUT2D eigenvalue weighted by Gasteiger charge is 2.07. The Kier molecular flexibility index (Phi) is 5.48. The molecule has 2 rings (SSSR count). The molecule has 0 bridgehead atoms. The molecule has 1 aromatic heterocycles. The van der Waals surface area contributed by atoms with Gasteiger partial charge in [-0.1, -0.05) is 12.1 Å². The maximum absolute atomic E-state index is 11.7. The third-order valence-corrected chi connectivity index (χ3v) is 2.98. The fourth-order valence-corrected chi connectivity index (χ4v) is 1.77. The molecule has 0 radical (unpaired) electrons. The Morgan fingerprint density at radius 2 is 1.91 bits per heavy atom. The van der Waals surface area contributed by atoms with Crippen LogP contribution in [0.1, 0.15) is 15.9 Å². The van der Waals surface area contributed by atoms with Crippen LogP contribution in [0.4, 0.5) is 0 Å². The summed E-state index contributed by atoms with van der Waals surface area (Å²) in [4.78, 5) is 27.3. The summed E-state index contributed by atoms with van der Waals surface area (Å²) in [5, 5.41) is 5.28. The summed E-state index contributed by atoms with van der Waals surface area (Å²) in [5.41, 5.74) is 1.37. The average molecular weight is 299 g/mol. The van der Waals surface area contributed by atoms with Gasteiger partial charge in [0, 0.05) is 18.9 Å². The number of rotatable bonds is 6. The second kappa shape index (κ2) is 7.78. The first-order chi connectivity index (χ1) is 10.7. The summed E-state index contributed by atoms with van der Waals surface area (Å²) in [5.74, 6) is 0.180. The van der Waals surface area contributed by atoms with Gasteiger partial charge < -0.3 is 15.4 Å². The van der Waals surface area contributed by atoms with Crippen molar-refractivity contribution in [2.24, 2.45) is 0 Å². The van der Waals surface area contributed by atoms with Crippen molar-refractivity contribution in [3.05, 3.63) is 59.9 Å². The molecule has 2 N–H and O–H groups in total. The van der Waals surface area contributed by atoms with Crippen LogP contribution in [-0.4, -0.2) is 30.5 Å². The first kappa shape index (κ1) is 15.5. The van der Waals surface area contributed by atoms with Crippen molar-refractivity contribution in [2.75, 3.05) is 13.7 Å². The molecule has 1 aromatic carbocycles. The van der Waals surface area contributed by atoms with E-state index in [0.717, 1.165) is 11.3 Å². The van der Waals surface area contributed by atoms with Gasteiger partial charge >= 0.3 is 0 Å². The van der Waals surface area contributed by atoms with E-state index >= 15 is 0 Å². The number of benzene rings is 1. The predicted octanol–water partition coefficient (Wildman–Crippen LogP) is 1.14. The molecule has 0 saturated carbocycles. The van der Waals surface area contributed by atoms with Crippen LogP contribution in [0.15, 0.2) is 48.8 Å². The number of amides is 2. The lowest BCUT2D eigenvalue weighted by Crippen LogP contribution is -2.36. The molecule has 2 amide bonds. The molecule has 2 aromatic rings. The summed E-state index contributed by atoms with van der Waals surface area (Å²) >= 11 is 0. The van der Waals surface area contributed by atoms with Crippen LogP contribution in [0.2, 0.25) is 0 Å². The number of ether oxygens (including phenoxy) is 1. The van der Waals surface area contributed by atoms with Crippen molar-refractivity contribution in [1.82, 2.24) is 15.6 Å². The number of nitrogens with zero attached hydrogens (tertiary/aromatic N) is 1. The lowest BCUT2D eigenvalue weighted by molar-refractivity contribution is -0.120. The van der Waals surface area contributed by atoms with E-state index in [0.29, 0.717) is 12.1 Å². The topological polar surface area (TPSA) is 80.3 Å². The van der Waals surface area contributed by atoms with Crippen LogP contribution in [0.25, 0.3) is 0 Å². The number of pyridine rings is 1. The molecule has 0 aliphatic rings. The van der Waals surface area contributed by atoms with Gasteiger partial charge in [0.25, 0.3) is 5.91 Å². The number of hydrogen-bond donors (Lipinski definition) is 2. The summed E-state index contributed by atoms with van der Waals surface area (Å²) in [6.07, 6.45) is 3.03. The monoisotopic (exact) mass is 299 g/mol. The van der Waals surface area contributed by atoms with Gasteiger partial charge in [0.1, 0.15) is 5.75 Å². The number of aromatic nitrogens is 1. The van der Waals surface area contributed by atoms with Crippen LogP contribution < -0.4 is 15.4 Å². The quantitative estimate of drug-likeness (QED) is 0.838. The molecular formula is C16H17N3O3. The van der Waals surface area contributed by atoms with Gasteiger partial charge in [-0.15, -0.1) is 0 Å². The van der Waals surface area contributed by atoms with E-state index in [2.05, 4.69) is 15.6 Å². The van der Waals surface area contributed by atoms with Gasteiger partial charge in [-0.2, -0.15) is 0 Å². The zero-order valence-corrected chi connectivity index (χ0v) is 12.2. The van der Waals surface area contributed by atoms with Gasteiger partial charge in [0.2, 0.25) is 5.91 Å². The first-order valence-electron chi connectivity index (χ1n) is 6.77. The molecule has 0 aliphatic carbocycles. The fourth-order valence-electron chi connectivity index (χ4n) is 1.77. The molecule has 0 atom stereocenters. The molecule has 0 spiro atoms. The predicted molar refractivity (Wildman–Crippen MR) is 81.4 cm³/mol. The lowest BCUT2D eigenvalue weighted by Gasteiger charge is -2.07. The minimum Gasteiger partial charge on any atom is -0.497 e. The number of carbonyl (C=O) groups excluding carboxylic acids is 2. The van der Waals surface area contributed by atoms with E-state index in [9.17, 15) is 9.59 Å². The van der Waals surface area contributed by atoms with E-state index in [4.69, 9.17) is 4.74 Å². The van der Waals surface area contributed by atoms with Gasteiger partial charge in [-0.05, 0) is 29.8 Å². The zero-order chi connectivity index (χ0) is 15.8. The molecule has 0 unspecified atom stereocenters. The maximum atomic E-state index is 11.7. The molecule has 114 valence electrons. The number of carbonyl (C=O) groups is 2. The SMILES string of the molecule is COc1ccc(CNC(=O)CNC(=O)c2cccnc2)cc1. The van der Waals surface area contributed by atoms with Gasteiger partial charge in [0.05, 0.1) is 19.2 Å². The number of methoxy groups -OCH3 is 1. The second-order valence-electron chi connectivity index (χ2n) is 4.55. The standard InChI is InChI=1S/C16H17N3O3/c1-22-14-6-4-12(5-7-14)9-18-15(20)11-19-16(21)13-3-2-8-17-10-13/h2-8,10H,9,11H2,1H3,(H,18,20)(H,19,21). The van der Waals surface area contributed by atoms with Gasteiger partial charge in [-0.3, -0.25) is 14.6 Å². The van der Waals surface area contributed by atoms with Crippen LogP contribution in [0, 0.1) is 0 Å². The Balaban J connectivity index is 1.74. The Bertz CT molecular complexity index is 627. The molecular weight excluding hydrogens is 282 g/mol. The van der Waals surface area contributed by atoms with Crippen molar-refractivity contribution in [3.8, 4) is 5.75 Å². The molecule has 0 aliphatic heterocycles. The highest BCUT2D eigenvalue weighted by Crippen LogP contribution is 2.10. The molecule has 0 fully saturated rings. The van der Waals surface area contributed by atoms with Crippen LogP contribution in [0.3, 0.4) is 0 Å². The summed E-state index contributed by atoms with van der Waals surface area (Å²) in [6.45, 7) is 0.315. The molecule has 1 heterocycles. The zero-order valence-electron chi connectivity index (χ0n) is 12.2. The van der Waals surface area contributed by atoms with Crippen LogP contribution in [-0.2, 0) is 11.3 Å². The lowest BCUT2D eigenvalue weighted by atomic mass is 10.2. The Morgan fingerprint density at radius 3 is 2.55 bits per heavy atom. The maximum Gasteiger partial charge on any atom is 0.253 e. The summed E-state index contributed by atoms with van der Waals surface area (Å²) in [6, 6.07) is 10.7. The highest BCUT2D eigenvalue weighted by molar-refractivity contribution is 5.96. The minimum absolute atomic E-state index is 0.0795. The van der Waals surface area contributed by atoms with Gasteiger partial charge in [0.15, 0.2) is 0 Å². The number of nitrogens with one attached hydrogen (secondary N) is 2. The Morgan fingerprint density at radius 1 is 1.14 bits per heavy atom. The Hall–Kier alpha value is -2.89. The van der Waals surface area contributed by atoms with Crippen LogP contribution >= 0.6 is 0 Å². The summed E-state index contributed by atoms with van der Waals surface area (Å²) < 4.78 is 5.06. The summed E-state index contributed by atoms with van der Waals surface area (Å²) in [7, 11) is 1.60. The van der Waals surface area contributed by atoms with Crippen LogP contribution in [0.5, 0.6) is 5.75 Å². The smallest absolute Gasteiger partial charge is 0.253 e. The van der Waals surface area contributed by atoms with Crippen molar-refractivity contribution >= 4 is 11.8 Å². The number of hydrogen-bond acceptors (Lipinski definition) is 4. The molecule has 6 heteroatoms. The highest BCUT2D eigenvalue weighted by atomic mass is 16.5. The largest absolute Gasteiger partial charge is 0.497 e.